The van der Waals surface area contributed by atoms with Crippen LogP contribution in [0.25, 0.3) is 0 Å². The summed E-state index contributed by atoms with van der Waals surface area (Å²) in [6.07, 6.45) is -6.47. The van der Waals surface area contributed by atoms with Crippen LogP contribution in [-0.4, -0.2) is 24.5 Å². The van der Waals surface area contributed by atoms with Gasteiger partial charge in [-0.25, -0.2) is 4.79 Å². The number of benzene rings is 1. The van der Waals surface area contributed by atoms with E-state index < -0.39 is 24.2 Å². The van der Waals surface area contributed by atoms with Crippen molar-refractivity contribution in [2.24, 2.45) is 0 Å². The first kappa shape index (κ1) is 13.3. The number of esters is 1. The third-order valence-electron chi connectivity index (χ3n) is 1.83. The van der Waals surface area contributed by atoms with Crippen LogP contribution < -0.4 is 4.74 Å². The van der Waals surface area contributed by atoms with Crippen LogP contribution >= 0.6 is 0 Å². The van der Waals surface area contributed by atoms with Gasteiger partial charge in [-0.1, -0.05) is 12.1 Å². The van der Waals surface area contributed by atoms with Crippen LogP contribution in [0.3, 0.4) is 0 Å². The van der Waals surface area contributed by atoms with Crippen molar-refractivity contribution in [2.45, 2.75) is 12.5 Å². The molecule has 1 aromatic rings. The van der Waals surface area contributed by atoms with Gasteiger partial charge in [-0.3, -0.25) is 0 Å². The molecule has 0 aliphatic heterocycles. The first-order valence-corrected chi connectivity index (χ1v) is 4.45. The standard InChI is InChI=1S/C10H9F3O4/c1-16-9(15)8(14)6-3-2-4-7(5-6)17-10(11,12)13/h2-5,8,14H,1H3. The second kappa shape index (κ2) is 5.05. The van der Waals surface area contributed by atoms with E-state index in [-0.39, 0.29) is 5.56 Å². The number of ether oxygens (including phenoxy) is 2. The van der Waals surface area contributed by atoms with E-state index in [1.807, 2.05) is 0 Å². The lowest BCUT2D eigenvalue weighted by Gasteiger charge is -2.12. The van der Waals surface area contributed by atoms with E-state index in [0.717, 1.165) is 19.2 Å². The highest BCUT2D eigenvalue weighted by Crippen LogP contribution is 2.25. The molecule has 0 bridgehead atoms. The van der Waals surface area contributed by atoms with Gasteiger partial charge in [0.2, 0.25) is 0 Å². The van der Waals surface area contributed by atoms with Gasteiger partial charge in [0.25, 0.3) is 0 Å². The van der Waals surface area contributed by atoms with Crippen molar-refractivity contribution >= 4 is 5.97 Å². The van der Waals surface area contributed by atoms with Gasteiger partial charge in [0.05, 0.1) is 7.11 Å². The van der Waals surface area contributed by atoms with Crippen LogP contribution in [0.15, 0.2) is 24.3 Å². The van der Waals surface area contributed by atoms with Gasteiger partial charge in [-0.2, -0.15) is 0 Å². The molecular formula is C10H9F3O4. The van der Waals surface area contributed by atoms with E-state index in [0.29, 0.717) is 0 Å². The predicted octanol–water partition coefficient (Wildman–Crippen LogP) is 1.79. The molecule has 4 nitrogen and oxygen atoms in total. The summed E-state index contributed by atoms with van der Waals surface area (Å²) in [6, 6.07) is 4.48. The summed E-state index contributed by atoms with van der Waals surface area (Å²) < 4.78 is 43.7. The average Bonchev–Trinajstić information content (AvgIpc) is 2.25. The largest absolute Gasteiger partial charge is 0.573 e. The Bertz CT molecular complexity index is 403. The number of carbonyl (C=O) groups excluding carboxylic acids is 1. The molecule has 0 amide bonds. The van der Waals surface area contributed by atoms with Crippen LogP contribution in [0, 0.1) is 0 Å². The maximum absolute atomic E-state index is 11.9. The molecule has 0 aliphatic rings. The van der Waals surface area contributed by atoms with E-state index in [1.54, 1.807) is 0 Å². The molecule has 1 aromatic carbocycles. The summed E-state index contributed by atoms with van der Waals surface area (Å²) in [4.78, 5) is 11.0. The van der Waals surface area contributed by atoms with E-state index in [4.69, 9.17) is 0 Å². The second-order valence-electron chi connectivity index (χ2n) is 3.05. The Labute approximate surface area is 94.6 Å². The smallest absolute Gasteiger partial charge is 0.467 e. The fraction of sp³-hybridized carbons (Fsp3) is 0.300. The number of halogens is 3. The third kappa shape index (κ3) is 3.95. The van der Waals surface area contributed by atoms with Crippen molar-refractivity contribution in [3.63, 3.8) is 0 Å². The zero-order chi connectivity index (χ0) is 13.1. The summed E-state index contributed by atoms with van der Waals surface area (Å²) >= 11 is 0. The summed E-state index contributed by atoms with van der Waals surface area (Å²) in [6.45, 7) is 0. The second-order valence-corrected chi connectivity index (χ2v) is 3.05. The van der Waals surface area contributed by atoms with Crippen molar-refractivity contribution < 1.29 is 32.5 Å². The Balaban J connectivity index is 2.89. The third-order valence-corrected chi connectivity index (χ3v) is 1.83. The number of aliphatic hydroxyl groups excluding tert-OH is 1. The molecule has 94 valence electrons. The molecule has 0 spiro atoms. The summed E-state index contributed by atoms with van der Waals surface area (Å²) in [5, 5.41) is 9.40. The molecule has 1 unspecified atom stereocenters. The van der Waals surface area contributed by atoms with E-state index in [2.05, 4.69) is 9.47 Å². The van der Waals surface area contributed by atoms with Crippen LogP contribution in [0.4, 0.5) is 13.2 Å². The minimum atomic E-state index is -4.82. The van der Waals surface area contributed by atoms with E-state index >= 15 is 0 Å². The molecule has 1 N–H and O–H groups in total. The average molecular weight is 250 g/mol. The minimum Gasteiger partial charge on any atom is -0.467 e. The van der Waals surface area contributed by atoms with Crippen LogP contribution in [0.5, 0.6) is 5.75 Å². The number of aliphatic hydroxyl groups is 1. The van der Waals surface area contributed by atoms with Gasteiger partial charge in [-0.15, -0.1) is 13.2 Å². The highest BCUT2D eigenvalue weighted by atomic mass is 19.4. The fourth-order valence-electron chi connectivity index (χ4n) is 1.13. The molecule has 1 atom stereocenters. The lowest BCUT2D eigenvalue weighted by molar-refractivity contribution is -0.274. The topological polar surface area (TPSA) is 55.8 Å². The number of carbonyl (C=O) groups is 1. The van der Waals surface area contributed by atoms with Crippen LogP contribution in [0.1, 0.15) is 11.7 Å². The number of methoxy groups -OCH3 is 1. The molecule has 0 saturated heterocycles. The van der Waals surface area contributed by atoms with Crippen molar-refractivity contribution in [1.82, 2.24) is 0 Å². The molecule has 0 fully saturated rings. The number of alkyl halides is 3. The minimum absolute atomic E-state index is 0.0430. The lowest BCUT2D eigenvalue weighted by atomic mass is 10.1. The van der Waals surface area contributed by atoms with Crippen molar-refractivity contribution in [3.05, 3.63) is 29.8 Å². The Morgan fingerprint density at radius 1 is 1.41 bits per heavy atom. The zero-order valence-corrected chi connectivity index (χ0v) is 8.69. The highest BCUT2D eigenvalue weighted by molar-refractivity contribution is 5.76. The Morgan fingerprint density at radius 3 is 2.59 bits per heavy atom. The highest BCUT2D eigenvalue weighted by Gasteiger charge is 2.31. The van der Waals surface area contributed by atoms with Crippen molar-refractivity contribution in [1.29, 1.82) is 0 Å². The Hall–Kier alpha value is -1.76. The van der Waals surface area contributed by atoms with Gasteiger partial charge >= 0.3 is 12.3 Å². The van der Waals surface area contributed by atoms with Gasteiger partial charge in [0, 0.05) is 0 Å². The lowest BCUT2D eigenvalue weighted by Crippen LogP contribution is -2.18. The van der Waals surface area contributed by atoms with Gasteiger partial charge in [0.1, 0.15) is 5.75 Å². The summed E-state index contributed by atoms with van der Waals surface area (Å²) in [5.41, 5.74) is -0.0430. The van der Waals surface area contributed by atoms with E-state index in [1.165, 1.54) is 12.1 Å². The van der Waals surface area contributed by atoms with Crippen molar-refractivity contribution in [2.75, 3.05) is 7.11 Å². The summed E-state index contributed by atoms with van der Waals surface area (Å²) in [5.74, 6) is -1.48. The number of rotatable bonds is 3. The first-order chi connectivity index (χ1) is 7.83. The molecule has 0 saturated carbocycles. The molecule has 0 radical (unpaired) electrons. The number of hydrogen-bond donors (Lipinski definition) is 1. The van der Waals surface area contributed by atoms with Crippen molar-refractivity contribution in [3.8, 4) is 5.75 Å². The Kier molecular flexibility index (Phi) is 3.95. The zero-order valence-electron chi connectivity index (χ0n) is 8.69. The number of hydrogen-bond acceptors (Lipinski definition) is 4. The molecule has 7 heteroatoms. The van der Waals surface area contributed by atoms with Gasteiger partial charge in [0.15, 0.2) is 6.10 Å². The monoisotopic (exact) mass is 250 g/mol. The Morgan fingerprint density at radius 2 is 2.06 bits per heavy atom. The molecular weight excluding hydrogens is 241 g/mol. The molecule has 0 heterocycles. The van der Waals surface area contributed by atoms with E-state index in [9.17, 15) is 23.1 Å². The molecule has 17 heavy (non-hydrogen) atoms. The fourth-order valence-corrected chi connectivity index (χ4v) is 1.13. The van der Waals surface area contributed by atoms with Gasteiger partial charge in [-0.05, 0) is 17.7 Å². The predicted molar refractivity (Wildman–Crippen MR) is 50.1 cm³/mol. The van der Waals surface area contributed by atoms with Crippen LogP contribution in [0.2, 0.25) is 0 Å². The summed E-state index contributed by atoms with van der Waals surface area (Å²) in [7, 11) is 1.06. The van der Waals surface area contributed by atoms with Gasteiger partial charge < -0.3 is 14.6 Å². The maximum atomic E-state index is 11.9. The normalized spacial score (nSPS) is 13.0. The SMILES string of the molecule is COC(=O)C(O)c1cccc(OC(F)(F)F)c1. The first-order valence-electron chi connectivity index (χ1n) is 4.45. The molecule has 0 aliphatic carbocycles. The quantitative estimate of drug-likeness (QED) is 0.831. The molecule has 0 aromatic heterocycles. The van der Waals surface area contributed by atoms with Crippen LogP contribution in [-0.2, 0) is 9.53 Å². The molecule has 1 rings (SSSR count). The maximum Gasteiger partial charge on any atom is 0.573 e.